The molecule has 2 saturated heterocycles. The van der Waals surface area contributed by atoms with Gasteiger partial charge in [0.1, 0.15) is 0 Å². The third kappa shape index (κ3) is 2.63. The van der Waals surface area contributed by atoms with Gasteiger partial charge in [0.15, 0.2) is 0 Å². The maximum Gasteiger partial charge on any atom is 0.229 e. The maximum atomic E-state index is 12.5. The van der Waals surface area contributed by atoms with Crippen LogP contribution in [0.25, 0.3) is 0 Å². The van der Waals surface area contributed by atoms with E-state index in [1.165, 1.54) is 0 Å². The summed E-state index contributed by atoms with van der Waals surface area (Å²) < 4.78 is 0. The summed E-state index contributed by atoms with van der Waals surface area (Å²) in [5.41, 5.74) is -0.230. The summed E-state index contributed by atoms with van der Waals surface area (Å²) in [4.78, 5) is 14.4. The summed E-state index contributed by atoms with van der Waals surface area (Å²) >= 11 is 0. The highest BCUT2D eigenvalue weighted by atomic mass is 16.3. The molecule has 2 rings (SSSR count). The zero-order valence-corrected chi connectivity index (χ0v) is 10.9. The van der Waals surface area contributed by atoms with Crippen LogP contribution in [0.2, 0.25) is 0 Å². The Morgan fingerprint density at radius 2 is 2.35 bits per heavy atom. The number of hydrogen-bond acceptors (Lipinski definition) is 3. The number of hydrogen-bond donors (Lipinski definition) is 2. The molecule has 1 amide bonds. The lowest BCUT2D eigenvalue weighted by Gasteiger charge is -2.36. The van der Waals surface area contributed by atoms with Crippen molar-refractivity contribution in [2.24, 2.45) is 11.3 Å². The molecule has 2 N–H and O–H groups in total. The molecule has 2 aliphatic rings. The standard InChI is InChI=1S/C13H24N2O2/c1-10(16)11-4-7-15(8-11)12(17)13(2)5-3-6-14-9-13/h10-11,14,16H,3-9H2,1-2H3. The quantitative estimate of drug-likeness (QED) is 0.743. The number of aliphatic hydroxyl groups excluding tert-OH is 1. The van der Waals surface area contributed by atoms with Gasteiger partial charge in [-0.1, -0.05) is 0 Å². The second-order valence-corrected chi connectivity index (χ2v) is 5.88. The molecule has 4 heteroatoms. The van der Waals surface area contributed by atoms with Gasteiger partial charge in [0, 0.05) is 25.6 Å². The summed E-state index contributed by atoms with van der Waals surface area (Å²) in [7, 11) is 0. The molecule has 0 bridgehead atoms. The Bertz CT molecular complexity index is 285. The molecular formula is C13H24N2O2. The average molecular weight is 240 g/mol. The van der Waals surface area contributed by atoms with Gasteiger partial charge in [-0.2, -0.15) is 0 Å². The Morgan fingerprint density at radius 3 is 2.88 bits per heavy atom. The van der Waals surface area contributed by atoms with Crippen molar-refractivity contribution in [3.63, 3.8) is 0 Å². The summed E-state index contributed by atoms with van der Waals surface area (Å²) in [6.45, 7) is 7.25. The monoisotopic (exact) mass is 240 g/mol. The molecule has 4 nitrogen and oxygen atoms in total. The van der Waals surface area contributed by atoms with E-state index in [9.17, 15) is 9.90 Å². The van der Waals surface area contributed by atoms with Crippen LogP contribution < -0.4 is 5.32 Å². The molecule has 98 valence electrons. The number of nitrogens with one attached hydrogen (secondary N) is 1. The number of piperidine rings is 1. The zero-order valence-electron chi connectivity index (χ0n) is 10.9. The van der Waals surface area contributed by atoms with E-state index in [4.69, 9.17) is 0 Å². The SMILES string of the molecule is CC(O)C1CCN(C(=O)C2(C)CCCNC2)C1. The minimum atomic E-state index is -0.301. The van der Waals surface area contributed by atoms with Crippen LogP contribution in [0.15, 0.2) is 0 Å². The van der Waals surface area contributed by atoms with Gasteiger partial charge in [0.25, 0.3) is 0 Å². The van der Waals surface area contributed by atoms with Crippen molar-refractivity contribution in [1.29, 1.82) is 0 Å². The van der Waals surface area contributed by atoms with Crippen LogP contribution in [0.3, 0.4) is 0 Å². The molecule has 3 unspecified atom stereocenters. The van der Waals surface area contributed by atoms with Crippen molar-refractivity contribution >= 4 is 5.91 Å². The fraction of sp³-hybridized carbons (Fsp3) is 0.923. The maximum absolute atomic E-state index is 12.5. The molecule has 0 saturated carbocycles. The van der Waals surface area contributed by atoms with Crippen LogP contribution in [-0.4, -0.2) is 48.2 Å². The molecular weight excluding hydrogens is 216 g/mol. The zero-order chi connectivity index (χ0) is 12.5. The molecule has 3 atom stereocenters. The molecule has 0 aromatic heterocycles. The average Bonchev–Trinajstić information content (AvgIpc) is 2.78. The van der Waals surface area contributed by atoms with E-state index >= 15 is 0 Å². The van der Waals surface area contributed by atoms with Crippen molar-refractivity contribution in [3.8, 4) is 0 Å². The molecule has 17 heavy (non-hydrogen) atoms. The molecule has 2 fully saturated rings. The number of aliphatic hydroxyl groups is 1. The molecule has 0 aliphatic carbocycles. The number of carbonyl (C=O) groups is 1. The summed E-state index contributed by atoms with van der Waals surface area (Å²) in [5, 5.41) is 12.9. The molecule has 0 aromatic carbocycles. The number of rotatable bonds is 2. The second-order valence-electron chi connectivity index (χ2n) is 5.88. The lowest BCUT2D eigenvalue weighted by Crippen LogP contribution is -2.49. The van der Waals surface area contributed by atoms with Gasteiger partial charge in [-0.05, 0) is 39.7 Å². The Labute approximate surface area is 103 Å². The molecule has 0 radical (unpaired) electrons. The van der Waals surface area contributed by atoms with Gasteiger partial charge in [0.2, 0.25) is 5.91 Å². The van der Waals surface area contributed by atoms with Gasteiger partial charge in [0.05, 0.1) is 11.5 Å². The van der Waals surface area contributed by atoms with Gasteiger partial charge >= 0.3 is 0 Å². The summed E-state index contributed by atoms with van der Waals surface area (Å²) in [5.74, 6) is 0.534. The van der Waals surface area contributed by atoms with Crippen molar-refractivity contribution < 1.29 is 9.90 Å². The van der Waals surface area contributed by atoms with Crippen LogP contribution in [0, 0.1) is 11.3 Å². The summed E-state index contributed by atoms with van der Waals surface area (Å²) in [6, 6.07) is 0. The van der Waals surface area contributed by atoms with E-state index in [0.29, 0.717) is 0 Å². The van der Waals surface area contributed by atoms with Crippen LogP contribution >= 0.6 is 0 Å². The van der Waals surface area contributed by atoms with Crippen LogP contribution in [-0.2, 0) is 4.79 Å². The van der Waals surface area contributed by atoms with E-state index < -0.39 is 0 Å². The number of nitrogens with zero attached hydrogens (tertiary/aromatic N) is 1. The lowest BCUT2D eigenvalue weighted by atomic mass is 9.81. The number of likely N-dealkylation sites (tertiary alicyclic amines) is 1. The van der Waals surface area contributed by atoms with Gasteiger partial charge in [-0.25, -0.2) is 0 Å². The Kier molecular flexibility index (Phi) is 3.73. The summed E-state index contributed by atoms with van der Waals surface area (Å²) in [6.07, 6.45) is 2.70. The van der Waals surface area contributed by atoms with Crippen LogP contribution in [0.5, 0.6) is 0 Å². The molecule has 0 aromatic rings. The Morgan fingerprint density at radius 1 is 1.59 bits per heavy atom. The highest BCUT2D eigenvalue weighted by molar-refractivity contribution is 5.83. The molecule has 2 heterocycles. The first-order valence-corrected chi connectivity index (χ1v) is 6.71. The fourth-order valence-corrected chi connectivity index (χ4v) is 2.99. The minimum Gasteiger partial charge on any atom is -0.393 e. The topological polar surface area (TPSA) is 52.6 Å². The first-order chi connectivity index (χ1) is 8.03. The Hall–Kier alpha value is -0.610. The van der Waals surface area contributed by atoms with Crippen molar-refractivity contribution in [3.05, 3.63) is 0 Å². The first-order valence-electron chi connectivity index (χ1n) is 6.71. The van der Waals surface area contributed by atoms with Gasteiger partial charge in [-0.15, -0.1) is 0 Å². The van der Waals surface area contributed by atoms with Crippen LogP contribution in [0.4, 0.5) is 0 Å². The first kappa shape index (κ1) is 12.8. The van der Waals surface area contributed by atoms with Gasteiger partial charge < -0.3 is 15.3 Å². The lowest BCUT2D eigenvalue weighted by molar-refractivity contribution is -0.141. The third-order valence-electron chi connectivity index (χ3n) is 4.31. The van der Waals surface area contributed by atoms with Crippen molar-refractivity contribution in [2.75, 3.05) is 26.2 Å². The normalized spacial score (nSPS) is 35.9. The van der Waals surface area contributed by atoms with E-state index in [-0.39, 0.29) is 23.3 Å². The van der Waals surface area contributed by atoms with E-state index in [1.807, 2.05) is 11.8 Å². The fourth-order valence-electron chi connectivity index (χ4n) is 2.99. The highest BCUT2D eigenvalue weighted by Crippen LogP contribution is 2.31. The van der Waals surface area contributed by atoms with Crippen molar-refractivity contribution in [1.82, 2.24) is 10.2 Å². The van der Waals surface area contributed by atoms with E-state index in [0.717, 1.165) is 45.4 Å². The predicted molar refractivity (Wildman–Crippen MR) is 66.6 cm³/mol. The smallest absolute Gasteiger partial charge is 0.229 e. The van der Waals surface area contributed by atoms with E-state index in [1.54, 1.807) is 0 Å². The molecule has 0 spiro atoms. The predicted octanol–water partition coefficient (Wildman–Crippen LogP) is 0.605. The van der Waals surface area contributed by atoms with Crippen LogP contribution in [0.1, 0.15) is 33.1 Å². The van der Waals surface area contributed by atoms with E-state index in [2.05, 4.69) is 12.2 Å². The highest BCUT2D eigenvalue weighted by Gasteiger charge is 2.40. The Balaban J connectivity index is 1.96. The largest absolute Gasteiger partial charge is 0.393 e. The van der Waals surface area contributed by atoms with Crippen molar-refractivity contribution in [2.45, 2.75) is 39.2 Å². The number of amides is 1. The second kappa shape index (κ2) is 4.94. The van der Waals surface area contributed by atoms with Gasteiger partial charge in [-0.3, -0.25) is 4.79 Å². The number of carbonyl (C=O) groups excluding carboxylic acids is 1. The molecule has 2 aliphatic heterocycles. The minimum absolute atomic E-state index is 0.230. The third-order valence-corrected chi connectivity index (χ3v) is 4.31.